The van der Waals surface area contributed by atoms with Crippen molar-refractivity contribution in [1.82, 2.24) is 0 Å². The summed E-state index contributed by atoms with van der Waals surface area (Å²) in [5.74, 6) is 1.42. The van der Waals surface area contributed by atoms with Crippen LogP contribution in [-0.2, 0) is 0 Å². The number of hydrogen-bond acceptors (Lipinski definition) is 4. The molecule has 1 aromatic carbocycles. The van der Waals surface area contributed by atoms with Gasteiger partial charge in [-0.15, -0.1) is 0 Å². The zero-order valence-corrected chi connectivity index (χ0v) is 12.1. The van der Waals surface area contributed by atoms with E-state index in [1.54, 1.807) is 31.2 Å². The molecule has 0 aliphatic heterocycles. The quantitative estimate of drug-likeness (QED) is 0.937. The number of carbonyl (C=O) groups excluding carboxylic acids is 1. The first-order chi connectivity index (χ1) is 9.55. The summed E-state index contributed by atoms with van der Waals surface area (Å²) >= 11 is 6.04. The first kappa shape index (κ1) is 14.3. The fraction of sp³-hybridized carbons (Fsp3) is 0.214. The van der Waals surface area contributed by atoms with Crippen LogP contribution >= 0.6 is 11.6 Å². The Kier molecular flexibility index (Phi) is 4.20. The minimum Gasteiger partial charge on any atom is -0.495 e. The molecule has 2 aromatic rings. The summed E-state index contributed by atoms with van der Waals surface area (Å²) in [6.07, 6.45) is 0. The molecule has 2 rings (SSSR count). The molecule has 6 heteroatoms. The molecule has 0 spiro atoms. The lowest BCUT2D eigenvalue weighted by atomic mass is 10.2. The maximum atomic E-state index is 12.0. The Hall–Kier alpha value is -2.14. The maximum Gasteiger partial charge on any atom is 0.291 e. The number of aryl methyl sites for hydroxylation is 1. The molecule has 0 radical (unpaired) electrons. The van der Waals surface area contributed by atoms with Gasteiger partial charge in [-0.25, -0.2) is 0 Å². The molecule has 0 atom stereocenters. The van der Waals surface area contributed by atoms with Crippen molar-refractivity contribution in [2.75, 3.05) is 19.5 Å². The predicted octanol–water partition coefficient (Wildman–Crippen LogP) is 3.51. The largest absolute Gasteiger partial charge is 0.495 e. The Labute approximate surface area is 121 Å². The van der Waals surface area contributed by atoms with Crippen LogP contribution in [0.5, 0.6) is 11.5 Å². The van der Waals surface area contributed by atoms with Crippen LogP contribution in [0.1, 0.15) is 16.3 Å². The molecule has 0 saturated heterocycles. The Balaban J connectivity index is 2.28. The van der Waals surface area contributed by atoms with Crippen molar-refractivity contribution in [2.45, 2.75) is 6.92 Å². The normalized spacial score (nSPS) is 10.2. The van der Waals surface area contributed by atoms with Gasteiger partial charge >= 0.3 is 0 Å². The molecular formula is C14H14ClNO4. The Morgan fingerprint density at radius 2 is 1.90 bits per heavy atom. The highest BCUT2D eigenvalue weighted by atomic mass is 35.5. The molecular weight excluding hydrogens is 282 g/mol. The van der Waals surface area contributed by atoms with Gasteiger partial charge in [0.05, 0.1) is 24.9 Å². The fourth-order valence-corrected chi connectivity index (χ4v) is 1.94. The molecule has 0 aliphatic carbocycles. The van der Waals surface area contributed by atoms with Gasteiger partial charge in [-0.3, -0.25) is 4.79 Å². The molecule has 0 saturated carbocycles. The molecule has 106 valence electrons. The zero-order chi connectivity index (χ0) is 14.7. The van der Waals surface area contributed by atoms with Gasteiger partial charge < -0.3 is 19.2 Å². The van der Waals surface area contributed by atoms with Crippen LogP contribution in [0.25, 0.3) is 0 Å². The minimum absolute atomic E-state index is 0.219. The van der Waals surface area contributed by atoms with E-state index in [9.17, 15) is 4.79 Å². The van der Waals surface area contributed by atoms with E-state index in [2.05, 4.69) is 5.32 Å². The Bertz CT molecular complexity index is 636. The number of furan rings is 1. The number of hydrogen-bond donors (Lipinski definition) is 1. The van der Waals surface area contributed by atoms with Gasteiger partial charge in [0.1, 0.15) is 17.3 Å². The summed E-state index contributed by atoms with van der Waals surface area (Å²) < 4.78 is 15.5. The van der Waals surface area contributed by atoms with Crippen molar-refractivity contribution in [3.63, 3.8) is 0 Å². The maximum absolute atomic E-state index is 12.0. The second-order valence-corrected chi connectivity index (χ2v) is 4.46. The van der Waals surface area contributed by atoms with Crippen LogP contribution in [0, 0.1) is 6.92 Å². The predicted molar refractivity (Wildman–Crippen MR) is 76.0 cm³/mol. The monoisotopic (exact) mass is 295 g/mol. The SMILES string of the molecule is COc1cc(OC)c(NC(=O)c2ccc(C)o2)cc1Cl. The summed E-state index contributed by atoms with van der Waals surface area (Å²) in [5.41, 5.74) is 0.442. The van der Waals surface area contributed by atoms with Crippen molar-refractivity contribution >= 4 is 23.2 Å². The molecule has 1 heterocycles. The van der Waals surface area contributed by atoms with E-state index >= 15 is 0 Å². The zero-order valence-electron chi connectivity index (χ0n) is 11.3. The Morgan fingerprint density at radius 1 is 1.20 bits per heavy atom. The first-order valence-electron chi connectivity index (χ1n) is 5.84. The molecule has 0 unspecified atom stereocenters. The van der Waals surface area contributed by atoms with Crippen LogP contribution in [0.2, 0.25) is 5.02 Å². The number of benzene rings is 1. The third-order valence-corrected chi connectivity index (χ3v) is 2.98. The number of ether oxygens (including phenoxy) is 2. The summed E-state index contributed by atoms with van der Waals surface area (Å²) in [6.45, 7) is 1.77. The van der Waals surface area contributed by atoms with Crippen molar-refractivity contribution in [3.05, 3.63) is 40.8 Å². The smallest absolute Gasteiger partial charge is 0.291 e. The van der Waals surface area contributed by atoms with Crippen molar-refractivity contribution in [2.24, 2.45) is 0 Å². The lowest BCUT2D eigenvalue weighted by molar-refractivity contribution is 0.0995. The van der Waals surface area contributed by atoms with Crippen LogP contribution in [-0.4, -0.2) is 20.1 Å². The lowest BCUT2D eigenvalue weighted by Crippen LogP contribution is -2.11. The summed E-state index contributed by atoms with van der Waals surface area (Å²) in [5, 5.41) is 3.06. The van der Waals surface area contributed by atoms with Crippen molar-refractivity contribution in [1.29, 1.82) is 0 Å². The van der Waals surface area contributed by atoms with Gasteiger partial charge in [0.2, 0.25) is 0 Å². The number of carbonyl (C=O) groups is 1. The van der Waals surface area contributed by atoms with Crippen molar-refractivity contribution < 1.29 is 18.7 Å². The van der Waals surface area contributed by atoms with E-state index in [1.807, 2.05) is 0 Å². The highest BCUT2D eigenvalue weighted by Gasteiger charge is 2.15. The second kappa shape index (κ2) is 5.88. The van der Waals surface area contributed by atoms with Gasteiger partial charge in [-0.05, 0) is 25.1 Å². The van der Waals surface area contributed by atoms with E-state index in [4.69, 9.17) is 25.5 Å². The molecule has 20 heavy (non-hydrogen) atoms. The van der Waals surface area contributed by atoms with Crippen LogP contribution in [0.3, 0.4) is 0 Å². The summed E-state index contributed by atoms with van der Waals surface area (Å²) in [6, 6.07) is 6.48. The molecule has 1 amide bonds. The van der Waals surface area contributed by atoms with E-state index in [0.29, 0.717) is 28.0 Å². The third kappa shape index (κ3) is 2.88. The number of nitrogens with one attached hydrogen (secondary N) is 1. The molecule has 0 bridgehead atoms. The van der Waals surface area contributed by atoms with Gasteiger partial charge in [-0.1, -0.05) is 11.6 Å². The molecule has 1 N–H and O–H groups in total. The van der Waals surface area contributed by atoms with E-state index in [0.717, 1.165) is 0 Å². The molecule has 0 fully saturated rings. The van der Waals surface area contributed by atoms with Crippen LogP contribution in [0.4, 0.5) is 5.69 Å². The van der Waals surface area contributed by atoms with E-state index in [1.165, 1.54) is 14.2 Å². The van der Waals surface area contributed by atoms with Gasteiger partial charge in [0.25, 0.3) is 5.91 Å². The summed E-state index contributed by atoms with van der Waals surface area (Å²) in [4.78, 5) is 12.0. The van der Waals surface area contributed by atoms with E-state index in [-0.39, 0.29) is 11.7 Å². The highest BCUT2D eigenvalue weighted by Crippen LogP contribution is 2.36. The van der Waals surface area contributed by atoms with Crippen LogP contribution in [0.15, 0.2) is 28.7 Å². The molecule has 5 nitrogen and oxygen atoms in total. The number of rotatable bonds is 4. The highest BCUT2D eigenvalue weighted by molar-refractivity contribution is 6.32. The number of halogens is 1. The Morgan fingerprint density at radius 3 is 2.45 bits per heavy atom. The molecule has 0 aliphatic rings. The fourth-order valence-electron chi connectivity index (χ4n) is 1.70. The average molecular weight is 296 g/mol. The van der Waals surface area contributed by atoms with E-state index < -0.39 is 0 Å². The lowest BCUT2D eigenvalue weighted by Gasteiger charge is -2.12. The van der Waals surface area contributed by atoms with Gasteiger partial charge in [0, 0.05) is 6.07 Å². The summed E-state index contributed by atoms with van der Waals surface area (Å²) in [7, 11) is 3.00. The first-order valence-corrected chi connectivity index (χ1v) is 6.22. The van der Waals surface area contributed by atoms with Gasteiger partial charge in [-0.2, -0.15) is 0 Å². The van der Waals surface area contributed by atoms with Crippen molar-refractivity contribution in [3.8, 4) is 11.5 Å². The second-order valence-electron chi connectivity index (χ2n) is 4.05. The minimum atomic E-state index is -0.377. The topological polar surface area (TPSA) is 60.7 Å². The van der Waals surface area contributed by atoms with Crippen LogP contribution < -0.4 is 14.8 Å². The van der Waals surface area contributed by atoms with Gasteiger partial charge in [0.15, 0.2) is 5.76 Å². The molecule has 1 aromatic heterocycles. The number of methoxy groups -OCH3 is 2. The standard InChI is InChI=1S/C14H14ClNO4/c1-8-4-5-11(20-8)14(17)16-10-6-9(15)12(18-2)7-13(10)19-3/h4-7H,1-3H3,(H,16,17). The number of anilines is 1. The number of amides is 1. The third-order valence-electron chi connectivity index (χ3n) is 2.69. The average Bonchev–Trinajstić information content (AvgIpc) is 2.86.